The molecule has 0 unspecified atom stereocenters. The molecule has 2 aromatic rings. The van der Waals surface area contributed by atoms with Crippen molar-refractivity contribution in [1.29, 1.82) is 0 Å². The van der Waals surface area contributed by atoms with Gasteiger partial charge in [0.25, 0.3) is 5.56 Å². The molecule has 96 valence electrons. The van der Waals surface area contributed by atoms with Gasteiger partial charge in [0.1, 0.15) is 0 Å². The second-order valence-electron chi connectivity index (χ2n) is 3.73. The zero-order valence-corrected chi connectivity index (χ0v) is 9.93. The standard InChI is InChI=1S/C10H12N4O4/c1-3-6-8(15)12-10(17)14(9(6)16)4-7-11-5(2)18-13-7/h16H,3-4H2,1-2H3,(H,12,15,17). The highest BCUT2D eigenvalue weighted by atomic mass is 16.5. The van der Waals surface area contributed by atoms with Crippen molar-refractivity contribution in [2.24, 2.45) is 0 Å². The summed E-state index contributed by atoms with van der Waals surface area (Å²) in [6.07, 6.45) is 0.312. The van der Waals surface area contributed by atoms with Crippen molar-refractivity contribution in [2.75, 3.05) is 0 Å². The summed E-state index contributed by atoms with van der Waals surface area (Å²) in [6.45, 7) is 3.26. The van der Waals surface area contributed by atoms with Crippen molar-refractivity contribution < 1.29 is 9.63 Å². The Morgan fingerprint density at radius 3 is 2.72 bits per heavy atom. The minimum Gasteiger partial charge on any atom is -0.494 e. The van der Waals surface area contributed by atoms with E-state index in [-0.39, 0.29) is 23.8 Å². The van der Waals surface area contributed by atoms with E-state index in [1.807, 2.05) is 0 Å². The minimum atomic E-state index is -0.711. The lowest BCUT2D eigenvalue weighted by Crippen LogP contribution is -2.32. The summed E-state index contributed by atoms with van der Waals surface area (Å²) in [5.74, 6) is 0.241. The molecule has 0 bridgehead atoms. The van der Waals surface area contributed by atoms with Gasteiger partial charge in [-0.1, -0.05) is 12.1 Å². The van der Waals surface area contributed by atoms with Crippen LogP contribution >= 0.6 is 0 Å². The topological polar surface area (TPSA) is 114 Å². The van der Waals surface area contributed by atoms with Crippen LogP contribution in [-0.2, 0) is 13.0 Å². The second-order valence-corrected chi connectivity index (χ2v) is 3.73. The first kappa shape index (κ1) is 12.1. The molecule has 2 aromatic heterocycles. The lowest BCUT2D eigenvalue weighted by molar-refractivity contribution is 0.376. The first-order valence-corrected chi connectivity index (χ1v) is 5.37. The van der Waals surface area contributed by atoms with Crippen LogP contribution in [0.15, 0.2) is 14.1 Å². The molecule has 0 aliphatic rings. The van der Waals surface area contributed by atoms with E-state index in [1.165, 1.54) is 0 Å². The molecule has 2 N–H and O–H groups in total. The quantitative estimate of drug-likeness (QED) is 0.764. The van der Waals surface area contributed by atoms with Crippen molar-refractivity contribution in [3.63, 3.8) is 0 Å². The monoisotopic (exact) mass is 252 g/mol. The van der Waals surface area contributed by atoms with Crippen molar-refractivity contribution >= 4 is 0 Å². The van der Waals surface area contributed by atoms with E-state index >= 15 is 0 Å². The van der Waals surface area contributed by atoms with Crippen LogP contribution in [0.3, 0.4) is 0 Å². The maximum Gasteiger partial charge on any atom is 0.331 e. The van der Waals surface area contributed by atoms with Crippen LogP contribution in [0.4, 0.5) is 0 Å². The van der Waals surface area contributed by atoms with Gasteiger partial charge in [-0.3, -0.25) is 14.3 Å². The lowest BCUT2D eigenvalue weighted by atomic mass is 10.2. The third kappa shape index (κ3) is 2.04. The van der Waals surface area contributed by atoms with Gasteiger partial charge in [0.15, 0.2) is 5.82 Å². The van der Waals surface area contributed by atoms with E-state index in [0.717, 1.165) is 4.57 Å². The van der Waals surface area contributed by atoms with E-state index in [2.05, 4.69) is 15.1 Å². The van der Waals surface area contributed by atoms with Crippen molar-refractivity contribution in [3.05, 3.63) is 38.1 Å². The SMILES string of the molecule is CCc1c(O)n(Cc2noc(C)n2)c(=O)[nH]c1=O. The average molecular weight is 252 g/mol. The van der Waals surface area contributed by atoms with Crippen LogP contribution in [0.25, 0.3) is 0 Å². The van der Waals surface area contributed by atoms with Gasteiger partial charge >= 0.3 is 5.69 Å². The molecular weight excluding hydrogens is 240 g/mol. The lowest BCUT2D eigenvalue weighted by Gasteiger charge is -2.07. The summed E-state index contributed by atoms with van der Waals surface area (Å²) in [5, 5.41) is 13.5. The summed E-state index contributed by atoms with van der Waals surface area (Å²) in [4.78, 5) is 29.1. The van der Waals surface area contributed by atoms with E-state index in [4.69, 9.17) is 4.52 Å². The normalized spacial score (nSPS) is 10.8. The van der Waals surface area contributed by atoms with E-state index in [0.29, 0.717) is 12.3 Å². The number of nitrogens with one attached hydrogen (secondary N) is 1. The molecule has 2 rings (SSSR count). The number of rotatable bonds is 3. The fourth-order valence-corrected chi connectivity index (χ4v) is 1.61. The highest BCUT2D eigenvalue weighted by Crippen LogP contribution is 2.11. The zero-order chi connectivity index (χ0) is 13.3. The number of aromatic amines is 1. The number of hydrogen-bond acceptors (Lipinski definition) is 6. The predicted molar refractivity (Wildman–Crippen MR) is 60.5 cm³/mol. The Hall–Kier alpha value is -2.38. The molecule has 0 saturated carbocycles. The van der Waals surface area contributed by atoms with Crippen LogP contribution in [0.2, 0.25) is 0 Å². The Bertz CT molecular complexity index is 682. The van der Waals surface area contributed by atoms with Crippen LogP contribution in [0, 0.1) is 6.92 Å². The van der Waals surface area contributed by atoms with Crippen LogP contribution < -0.4 is 11.2 Å². The minimum absolute atomic E-state index is 0.0637. The number of H-pyrrole nitrogens is 1. The van der Waals surface area contributed by atoms with E-state index in [9.17, 15) is 14.7 Å². The third-order valence-corrected chi connectivity index (χ3v) is 2.49. The molecule has 0 atom stereocenters. The Morgan fingerprint density at radius 1 is 1.44 bits per heavy atom. The number of aromatic nitrogens is 4. The largest absolute Gasteiger partial charge is 0.494 e. The summed E-state index contributed by atoms with van der Waals surface area (Å²) in [6, 6.07) is 0. The molecule has 8 heteroatoms. The first-order chi connectivity index (χ1) is 8.52. The maximum absolute atomic E-state index is 11.6. The fraction of sp³-hybridized carbons (Fsp3) is 0.400. The van der Waals surface area contributed by atoms with Gasteiger partial charge in [0.05, 0.1) is 12.1 Å². The first-order valence-electron chi connectivity index (χ1n) is 5.37. The summed E-state index contributed by atoms with van der Waals surface area (Å²) < 4.78 is 5.76. The van der Waals surface area contributed by atoms with Gasteiger partial charge in [-0.05, 0) is 6.42 Å². The van der Waals surface area contributed by atoms with Crippen molar-refractivity contribution in [2.45, 2.75) is 26.8 Å². The smallest absolute Gasteiger partial charge is 0.331 e. The summed E-state index contributed by atoms with van der Waals surface area (Å²) >= 11 is 0. The van der Waals surface area contributed by atoms with E-state index in [1.54, 1.807) is 13.8 Å². The molecular formula is C10H12N4O4. The van der Waals surface area contributed by atoms with Crippen molar-refractivity contribution in [3.8, 4) is 5.88 Å². The highest BCUT2D eigenvalue weighted by molar-refractivity contribution is 5.22. The molecule has 8 nitrogen and oxygen atoms in total. The molecule has 0 radical (unpaired) electrons. The summed E-state index contributed by atoms with van der Waals surface area (Å²) in [7, 11) is 0. The van der Waals surface area contributed by atoms with Crippen LogP contribution in [0.5, 0.6) is 5.88 Å². The van der Waals surface area contributed by atoms with Gasteiger partial charge in [0.2, 0.25) is 11.8 Å². The predicted octanol–water partition coefficient (Wildman–Crippen LogP) is -0.456. The third-order valence-electron chi connectivity index (χ3n) is 2.49. The average Bonchev–Trinajstić information content (AvgIpc) is 2.70. The van der Waals surface area contributed by atoms with Gasteiger partial charge < -0.3 is 9.63 Å². The van der Waals surface area contributed by atoms with E-state index < -0.39 is 11.2 Å². The highest BCUT2D eigenvalue weighted by Gasteiger charge is 2.14. The van der Waals surface area contributed by atoms with Crippen LogP contribution in [0.1, 0.15) is 24.2 Å². The molecule has 18 heavy (non-hydrogen) atoms. The fourth-order valence-electron chi connectivity index (χ4n) is 1.61. The molecule has 0 saturated heterocycles. The molecule has 0 aliphatic heterocycles. The number of hydrogen-bond donors (Lipinski definition) is 2. The number of aryl methyl sites for hydroxylation is 1. The van der Waals surface area contributed by atoms with Gasteiger partial charge in [-0.25, -0.2) is 4.79 Å². The maximum atomic E-state index is 11.6. The Labute approximate surface area is 101 Å². The molecule has 0 amide bonds. The molecule has 0 aromatic carbocycles. The Kier molecular flexibility index (Phi) is 3.00. The number of aromatic hydroxyl groups is 1. The van der Waals surface area contributed by atoms with Gasteiger partial charge in [-0.15, -0.1) is 0 Å². The molecule has 0 spiro atoms. The van der Waals surface area contributed by atoms with Gasteiger partial charge in [-0.2, -0.15) is 4.98 Å². The van der Waals surface area contributed by atoms with Crippen LogP contribution in [-0.4, -0.2) is 24.8 Å². The number of nitrogens with zero attached hydrogens (tertiary/aromatic N) is 3. The molecule has 0 fully saturated rings. The Balaban J connectivity index is 2.51. The molecule has 0 aliphatic carbocycles. The second kappa shape index (κ2) is 4.47. The van der Waals surface area contributed by atoms with Crippen molar-refractivity contribution in [1.82, 2.24) is 19.7 Å². The molecule has 2 heterocycles. The summed E-state index contributed by atoms with van der Waals surface area (Å²) in [5.41, 5.74) is -1.15. The Morgan fingerprint density at radius 2 is 2.17 bits per heavy atom. The zero-order valence-electron chi connectivity index (χ0n) is 9.93. The van der Waals surface area contributed by atoms with Gasteiger partial charge in [0, 0.05) is 6.92 Å².